The van der Waals surface area contributed by atoms with Gasteiger partial charge in [-0.3, -0.25) is 0 Å². The fourth-order valence-corrected chi connectivity index (χ4v) is 2.39. The van der Waals surface area contributed by atoms with Crippen molar-refractivity contribution in [2.75, 3.05) is 25.9 Å². The first-order valence-corrected chi connectivity index (χ1v) is 5.84. The molecule has 12 heavy (non-hydrogen) atoms. The standard InChI is InChI=1S/C10H17NS/c1-3-4-7-11-8-5-6-10(9-11)12-2/h1,10H,4-9H2,2H3. The summed E-state index contributed by atoms with van der Waals surface area (Å²) in [5.74, 6) is 2.70. The summed E-state index contributed by atoms with van der Waals surface area (Å²) >= 11 is 1.99. The van der Waals surface area contributed by atoms with Gasteiger partial charge >= 0.3 is 0 Å². The van der Waals surface area contributed by atoms with E-state index < -0.39 is 0 Å². The lowest BCUT2D eigenvalue weighted by molar-refractivity contribution is 0.239. The van der Waals surface area contributed by atoms with Crippen molar-refractivity contribution in [2.45, 2.75) is 24.5 Å². The third-order valence-electron chi connectivity index (χ3n) is 2.37. The molecule has 1 saturated heterocycles. The second kappa shape index (κ2) is 5.50. The molecule has 0 bridgehead atoms. The Morgan fingerprint density at radius 3 is 3.17 bits per heavy atom. The summed E-state index contributed by atoms with van der Waals surface area (Å²) in [6.45, 7) is 3.58. The van der Waals surface area contributed by atoms with E-state index in [1.54, 1.807) is 0 Å². The van der Waals surface area contributed by atoms with Gasteiger partial charge in [0.15, 0.2) is 0 Å². The third-order valence-corrected chi connectivity index (χ3v) is 3.42. The molecular formula is C10H17NS. The summed E-state index contributed by atoms with van der Waals surface area (Å²) in [5, 5.41) is 0.844. The van der Waals surface area contributed by atoms with Crippen LogP contribution in [0.15, 0.2) is 0 Å². The number of rotatable bonds is 3. The van der Waals surface area contributed by atoms with Gasteiger partial charge in [0.25, 0.3) is 0 Å². The Morgan fingerprint density at radius 2 is 2.50 bits per heavy atom. The Bertz CT molecular complexity index is 162. The molecule has 1 fully saturated rings. The Morgan fingerprint density at radius 1 is 1.67 bits per heavy atom. The van der Waals surface area contributed by atoms with Crippen molar-refractivity contribution in [3.8, 4) is 12.3 Å². The summed E-state index contributed by atoms with van der Waals surface area (Å²) in [4.78, 5) is 2.49. The predicted molar refractivity (Wildman–Crippen MR) is 56.4 cm³/mol. The summed E-state index contributed by atoms with van der Waals surface area (Å²) < 4.78 is 0. The van der Waals surface area contributed by atoms with Gasteiger partial charge in [-0.15, -0.1) is 12.3 Å². The van der Waals surface area contributed by atoms with Crippen molar-refractivity contribution in [1.29, 1.82) is 0 Å². The van der Waals surface area contributed by atoms with Crippen molar-refractivity contribution in [1.82, 2.24) is 4.90 Å². The summed E-state index contributed by atoms with van der Waals surface area (Å²) in [6, 6.07) is 0. The van der Waals surface area contributed by atoms with Crippen LogP contribution in [-0.4, -0.2) is 36.0 Å². The molecule has 0 N–H and O–H groups in total. The normalized spacial score (nSPS) is 25.2. The fraction of sp³-hybridized carbons (Fsp3) is 0.800. The van der Waals surface area contributed by atoms with Gasteiger partial charge in [0.2, 0.25) is 0 Å². The molecule has 1 aliphatic rings. The van der Waals surface area contributed by atoms with Crippen molar-refractivity contribution in [2.24, 2.45) is 0 Å². The van der Waals surface area contributed by atoms with Gasteiger partial charge in [0.05, 0.1) is 0 Å². The van der Waals surface area contributed by atoms with Gasteiger partial charge in [-0.1, -0.05) is 0 Å². The van der Waals surface area contributed by atoms with Crippen LogP contribution >= 0.6 is 11.8 Å². The minimum atomic E-state index is 0.844. The molecule has 0 aliphatic carbocycles. The molecule has 1 unspecified atom stereocenters. The van der Waals surface area contributed by atoms with Gasteiger partial charge in [-0.25, -0.2) is 0 Å². The van der Waals surface area contributed by atoms with Gasteiger partial charge in [0.1, 0.15) is 0 Å². The smallest absolute Gasteiger partial charge is 0.0214 e. The van der Waals surface area contributed by atoms with Crippen LogP contribution in [-0.2, 0) is 0 Å². The molecule has 0 aromatic carbocycles. The van der Waals surface area contributed by atoms with Gasteiger partial charge in [0, 0.05) is 24.8 Å². The number of nitrogens with zero attached hydrogens (tertiary/aromatic N) is 1. The van der Waals surface area contributed by atoms with Crippen LogP contribution < -0.4 is 0 Å². The highest BCUT2D eigenvalue weighted by Gasteiger charge is 2.17. The van der Waals surface area contributed by atoms with Crippen LogP contribution in [0.25, 0.3) is 0 Å². The molecule has 1 heterocycles. The lowest BCUT2D eigenvalue weighted by Gasteiger charge is -2.31. The van der Waals surface area contributed by atoms with Gasteiger partial charge in [-0.05, 0) is 25.6 Å². The molecule has 1 rings (SSSR count). The van der Waals surface area contributed by atoms with Crippen LogP contribution in [0.5, 0.6) is 0 Å². The van der Waals surface area contributed by atoms with E-state index in [1.807, 2.05) is 11.8 Å². The monoisotopic (exact) mass is 183 g/mol. The second-order valence-electron chi connectivity index (χ2n) is 3.25. The Labute approximate surface area is 79.9 Å². The van der Waals surface area contributed by atoms with Crippen LogP contribution in [0.3, 0.4) is 0 Å². The first-order chi connectivity index (χ1) is 5.86. The number of piperidine rings is 1. The second-order valence-corrected chi connectivity index (χ2v) is 4.39. The largest absolute Gasteiger partial charge is 0.301 e. The van der Waals surface area contributed by atoms with E-state index in [0.29, 0.717) is 0 Å². The number of likely N-dealkylation sites (tertiary alicyclic amines) is 1. The first kappa shape index (κ1) is 9.95. The van der Waals surface area contributed by atoms with E-state index in [2.05, 4.69) is 17.1 Å². The quantitative estimate of drug-likeness (QED) is 0.614. The van der Waals surface area contributed by atoms with Crippen molar-refractivity contribution in [3.05, 3.63) is 0 Å². The summed E-state index contributed by atoms with van der Waals surface area (Å²) in [5.41, 5.74) is 0. The zero-order chi connectivity index (χ0) is 8.81. The predicted octanol–water partition coefficient (Wildman–Crippen LogP) is 1.84. The van der Waals surface area contributed by atoms with E-state index in [1.165, 1.54) is 25.9 Å². The molecule has 0 spiro atoms. The zero-order valence-electron chi connectivity index (χ0n) is 7.75. The molecule has 0 aromatic heterocycles. The van der Waals surface area contributed by atoms with Crippen LogP contribution in [0.1, 0.15) is 19.3 Å². The molecular weight excluding hydrogens is 166 g/mol. The minimum Gasteiger partial charge on any atom is -0.301 e. The molecule has 68 valence electrons. The molecule has 2 heteroatoms. The Hall–Kier alpha value is -0.130. The highest BCUT2D eigenvalue weighted by molar-refractivity contribution is 7.99. The van der Waals surface area contributed by atoms with Gasteiger partial charge < -0.3 is 4.90 Å². The lowest BCUT2D eigenvalue weighted by Crippen LogP contribution is -2.37. The number of hydrogen-bond donors (Lipinski definition) is 0. The van der Waals surface area contributed by atoms with Gasteiger partial charge in [-0.2, -0.15) is 11.8 Å². The molecule has 1 nitrogen and oxygen atoms in total. The fourth-order valence-electron chi connectivity index (χ4n) is 1.63. The van der Waals surface area contributed by atoms with E-state index >= 15 is 0 Å². The Balaban J connectivity index is 2.22. The van der Waals surface area contributed by atoms with Crippen LogP contribution in [0.4, 0.5) is 0 Å². The molecule has 0 radical (unpaired) electrons. The first-order valence-electron chi connectivity index (χ1n) is 4.55. The van der Waals surface area contributed by atoms with E-state index in [9.17, 15) is 0 Å². The molecule has 1 aliphatic heterocycles. The summed E-state index contributed by atoms with van der Waals surface area (Å²) in [7, 11) is 0. The SMILES string of the molecule is C#CCCN1CCCC(SC)C1. The number of thioether (sulfide) groups is 1. The Kier molecular flexibility index (Phi) is 4.57. The molecule has 0 amide bonds. The van der Waals surface area contributed by atoms with E-state index in [0.717, 1.165) is 18.2 Å². The summed E-state index contributed by atoms with van der Waals surface area (Å²) in [6.07, 6.45) is 11.1. The highest BCUT2D eigenvalue weighted by Crippen LogP contribution is 2.19. The van der Waals surface area contributed by atoms with Crippen LogP contribution in [0.2, 0.25) is 0 Å². The van der Waals surface area contributed by atoms with Crippen molar-refractivity contribution in [3.63, 3.8) is 0 Å². The number of hydrogen-bond acceptors (Lipinski definition) is 2. The molecule has 0 aromatic rings. The minimum absolute atomic E-state index is 0.844. The topological polar surface area (TPSA) is 3.24 Å². The lowest BCUT2D eigenvalue weighted by atomic mass is 10.1. The molecule has 1 atom stereocenters. The maximum Gasteiger partial charge on any atom is 0.0214 e. The average molecular weight is 183 g/mol. The maximum atomic E-state index is 5.23. The van der Waals surface area contributed by atoms with Crippen LogP contribution in [0, 0.1) is 12.3 Å². The third kappa shape index (κ3) is 3.08. The zero-order valence-corrected chi connectivity index (χ0v) is 8.57. The highest BCUT2D eigenvalue weighted by atomic mass is 32.2. The van der Waals surface area contributed by atoms with Crippen molar-refractivity contribution >= 4 is 11.8 Å². The van der Waals surface area contributed by atoms with E-state index in [4.69, 9.17) is 6.42 Å². The van der Waals surface area contributed by atoms with E-state index in [-0.39, 0.29) is 0 Å². The average Bonchev–Trinajstić information content (AvgIpc) is 2.15. The van der Waals surface area contributed by atoms with Crippen molar-refractivity contribution < 1.29 is 0 Å². The number of terminal acetylenes is 1. The molecule has 0 saturated carbocycles. The maximum absolute atomic E-state index is 5.23.